The third-order valence-corrected chi connectivity index (χ3v) is 4.25. The van der Waals surface area contributed by atoms with E-state index in [1.807, 2.05) is 24.3 Å². The fraction of sp³-hybridized carbons (Fsp3) is 0.333. The van der Waals surface area contributed by atoms with Crippen molar-refractivity contribution in [1.29, 1.82) is 0 Å². The summed E-state index contributed by atoms with van der Waals surface area (Å²) in [5, 5.41) is 0. The summed E-state index contributed by atoms with van der Waals surface area (Å²) in [5.74, 6) is 2.45. The van der Waals surface area contributed by atoms with Crippen LogP contribution in [0.3, 0.4) is 0 Å². The zero-order valence-corrected chi connectivity index (χ0v) is 13.0. The zero-order valence-electron chi connectivity index (χ0n) is 13.0. The molecule has 1 aliphatic heterocycles. The predicted molar refractivity (Wildman–Crippen MR) is 85.7 cm³/mol. The molecule has 0 saturated heterocycles. The largest absolute Gasteiger partial charge is 0.497 e. The summed E-state index contributed by atoms with van der Waals surface area (Å²) in [6, 6.07) is 14.2. The van der Waals surface area contributed by atoms with Gasteiger partial charge in [-0.1, -0.05) is 25.1 Å². The van der Waals surface area contributed by atoms with Gasteiger partial charge in [0.15, 0.2) is 11.5 Å². The molecule has 0 radical (unpaired) electrons. The van der Waals surface area contributed by atoms with E-state index in [0.717, 1.165) is 29.2 Å². The first-order valence-corrected chi connectivity index (χ1v) is 7.38. The lowest BCUT2D eigenvalue weighted by molar-refractivity contribution is 0.174. The SMILES string of the molecule is COc1cccc(CC(C)(CN)c2ccc3c(c2)OCO3)c1. The summed E-state index contributed by atoms with van der Waals surface area (Å²) in [6.07, 6.45) is 0.834. The lowest BCUT2D eigenvalue weighted by atomic mass is 9.77. The van der Waals surface area contributed by atoms with E-state index in [1.54, 1.807) is 7.11 Å². The van der Waals surface area contributed by atoms with E-state index >= 15 is 0 Å². The van der Waals surface area contributed by atoms with E-state index in [0.29, 0.717) is 6.54 Å². The van der Waals surface area contributed by atoms with Crippen molar-refractivity contribution < 1.29 is 14.2 Å². The molecule has 0 bridgehead atoms. The van der Waals surface area contributed by atoms with E-state index in [4.69, 9.17) is 19.9 Å². The number of methoxy groups -OCH3 is 1. The van der Waals surface area contributed by atoms with Crippen LogP contribution < -0.4 is 19.9 Å². The molecule has 3 rings (SSSR count). The van der Waals surface area contributed by atoms with Crippen LogP contribution in [0.15, 0.2) is 42.5 Å². The molecule has 4 heteroatoms. The van der Waals surface area contributed by atoms with Crippen LogP contribution in [0.5, 0.6) is 17.2 Å². The number of benzene rings is 2. The average molecular weight is 299 g/mol. The Morgan fingerprint density at radius 2 is 1.95 bits per heavy atom. The van der Waals surface area contributed by atoms with Crippen molar-refractivity contribution in [3.63, 3.8) is 0 Å². The van der Waals surface area contributed by atoms with Crippen LogP contribution in [0.1, 0.15) is 18.1 Å². The molecule has 1 heterocycles. The van der Waals surface area contributed by atoms with Gasteiger partial charge in [0.05, 0.1) is 7.11 Å². The summed E-state index contributed by atoms with van der Waals surface area (Å²) in [4.78, 5) is 0. The highest BCUT2D eigenvalue weighted by atomic mass is 16.7. The number of ether oxygens (including phenoxy) is 3. The Kier molecular flexibility index (Phi) is 3.94. The lowest BCUT2D eigenvalue weighted by Gasteiger charge is -2.29. The molecule has 2 aromatic carbocycles. The first-order chi connectivity index (χ1) is 10.6. The number of hydrogen-bond donors (Lipinski definition) is 1. The summed E-state index contributed by atoms with van der Waals surface area (Å²) >= 11 is 0. The number of fused-ring (bicyclic) bond motifs is 1. The van der Waals surface area contributed by atoms with Crippen LogP contribution in [0.2, 0.25) is 0 Å². The maximum Gasteiger partial charge on any atom is 0.231 e. The van der Waals surface area contributed by atoms with E-state index in [1.165, 1.54) is 5.56 Å². The normalized spacial score (nSPS) is 15.4. The topological polar surface area (TPSA) is 53.7 Å². The molecular weight excluding hydrogens is 278 g/mol. The molecule has 4 nitrogen and oxygen atoms in total. The highest BCUT2D eigenvalue weighted by molar-refractivity contribution is 5.47. The minimum absolute atomic E-state index is 0.173. The van der Waals surface area contributed by atoms with Gasteiger partial charge in [-0.2, -0.15) is 0 Å². The molecule has 116 valence electrons. The monoisotopic (exact) mass is 299 g/mol. The van der Waals surface area contributed by atoms with Crippen LogP contribution in [0.25, 0.3) is 0 Å². The maximum absolute atomic E-state index is 6.10. The third-order valence-electron chi connectivity index (χ3n) is 4.25. The standard InChI is InChI=1S/C18H21NO3/c1-18(11-19,10-13-4-3-5-15(8-13)20-2)14-6-7-16-17(9-14)22-12-21-16/h3-9H,10-12,19H2,1-2H3. The number of rotatable bonds is 5. The molecule has 0 aliphatic carbocycles. The third kappa shape index (κ3) is 2.74. The average Bonchev–Trinajstić information content (AvgIpc) is 3.02. The van der Waals surface area contributed by atoms with Crippen molar-refractivity contribution in [2.24, 2.45) is 5.73 Å². The molecule has 0 fully saturated rings. The predicted octanol–water partition coefficient (Wildman–Crippen LogP) is 2.88. The molecule has 1 unspecified atom stereocenters. The molecule has 0 saturated carbocycles. The van der Waals surface area contributed by atoms with Crippen LogP contribution in [0, 0.1) is 0 Å². The second kappa shape index (κ2) is 5.89. The summed E-state index contributed by atoms with van der Waals surface area (Å²) in [5.41, 5.74) is 8.28. The lowest BCUT2D eigenvalue weighted by Crippen LogP contribution is -2.34. The summed E-state index contributed by atoms with van der Waals surface area (Å²) in [7, 11) is 1.68. The van der Waals surface area contributed by atoms with Crippen molar-refractivity contribution in [2.75, 3.05) is 20.4 Å². The van der Waals surface area contributed by atoms with Gasteiger partial charge < -0.3 is 19.9 Å². The summed E-state index contributed by atoms with van der Waals surface area (Å²) in [6.45, 7) is 3.00. The number of hydrogen-bond acceptors (Lipinski definition) is 4. The Morgan fingerprint density at radius 3 is 2.73 bits per heavy atom. The minimum Gasteiger partial charge on any atom is -0.497 e. The highest BCUT2D eigenvalue weighted by Crippen LogP contribution is 2.37. The molecule has 22 heavy (non-hydrogen) atoms. The van der Waals surface area contributed by atoms with Crippen molar-refractivity contribution in [3.05, 3.63) is 53.6 Å². The van der Waals surface area contributed by atoms with Crippen molar-refractivity contribution in [2.45, 2.75) is 18.8 Å². The van der Waals surface area contributed by atoms with E-state index in [-0.39, 0.29) is 12.2 Å². The fourth-order valence-corrected chi connectivity index (χ4v) is 2.80. The van der Waals surface area contributed by atoms with E-state index in [9.17, 15) is 0 Å². The van der Waals surface area contributed by atoms with Crippen molar-refractivity contribution in [3.8, 4) is 17.2 Å². The Hall–Kier alpha value is -2.20. The first-order valence-electron chi connectivity index (χ1n) is 7.38. The quantitative estimate of drug-likeness (QED) is 0.922. The molecule has 1 atom stereocenters. The fourth-order valence-electron chi connectivity index (χ4n) is 2.80. The molecule has 2 aromatic rings. The Balaban J connectivity index is 1.90. The second-order valence-corrected chi connectivity index (χ2v) is 5.86. The minimum atomic E-state index is -0.173. The van der Waals surface area contributed by atoms with Gasteiger partial charge in [0, 0.05) is 12.0 Å². The molecular formula is C18H21NO3. The van der Waals surface area contributed by atoms with Gasteiger partial charge in [0.1, 0.15) is 5.75 Å². The zero-order chi connectivity index (χ0) is 15.6. The van der Waals surface area contributed by atoms with Crippen LogP contribution >= 0.6 is 0 Å². The van der Waals surface area contributed by atoms with Gasteiger partial charge in [-0.15, -0.1) is 0 Å². The van der Waals surface area contributed by atoms with Gasteiger partial charge in [0.25, 0.3) is 0 Å². The molecule has 0 spiro atoms. The molecule has 1 aliphatic rings. The van der Waals surface area contributed by atoms with Gasteiger partial charge >= 0.3 is 0 Å². The Labute approximate surface area is 130 Å². The van der Waals surface area contributed by atoms with Crippen molar-refractivity contribution in [1.82, 2.24) is 0 Å². The van der Waals surface area contributed by atoms with Crippen LogP contribution in [0.4, 0.5) is 0 Å². The molecule has 2 N–H and O–H groups in total. The van der Waals surface area contributed by atoms with Gasteiger partial charge in [-0.3, -0.25) is 0 Å². The van der Waals surface area contributed by atoms with Crippen molar-refractivity contribution >= 4 is 0 Å². The number of nitrogens with two attached hydrogens (primary N) is 1. The van der Waals surface area contributed by atoms with Gasteiger partial charge in [-0.05, 0) is 41.8 Å². The van der Waals surface area contributed by atoms with Gasteiger partial charge in [0.2, 0.25) is 6.79 Å². The second-order valence-electron chi connectivity index (χ2n) is 5.86. The maximum atomic E-state index is 6.10. The first kappa shape index (κ1) is 14.7. The smallest absolute Gasteiger partial charge is 0.231 e. The highest BCUT2D eigenvalue weighted by Gasteiger charge is 2.28. The Bertz CT molecular complexity index is 671. The summed E-state index contributed by atoms with van der Waals surface area (Å²) < 4.78 is 16.2. The van der Waals surface area contributed by atoms with Crippen LogP contribution in [-0.2, 0) is 11.8 Å². The van der Waals surface area contributed by atoms with E-state index < -0.39 is 0 Å². The van der Waals surface area contributed by atoms with Crippen LogP contribution in [-0.4, -0.2) is 20.4 Å². The Morgan fingerprint density at radius 1 is 1.14 bits per heavy atom. The van der Waals surface area contributed by atoms with Gasteiger partial charge in [-0.25, -0.2) is 0 Å². The van der Waals surface area contributed by atoms with E-state index in [2.05, 4.69) is 25.1 Å². The molecule has 0 amide bonds. The molecule has 0 aromatic heterocycles.